The first kappa shape index (κ1) is 13.3. The lowest BCUT2D eigenvalue weighted by Crippen LogP contribution is -2.11. The molecule has 0 fully saturated rings. The first-order valence-corrected chi connectivity index (χ1v) is 5.02. The Kier molecular flexibility index (Phi) is 4.81. The van der Waals surface area contributed by atoms with Gasteiger partial charge in [-0.1, -0.05) is 11.6 Å². The highest BCUT2D eigenvalue weighted by Crippen LogP contribution is 2.29. The standard InChI is InChI=1S/C11H11ClO5/c1-16-11(15)9(4-5-13)17-10-6-7(14)2-3-8(10)12/h2-4,6,13-14H,5H2,1H3/b9-4-. The van der Waals surface area contributed by atoms with Crippen LogP contribution in [0.4, 0.5) is 0 Å². The number of aromatic hydroxyl groups is 1. The fourth-order valence-electron chi connectivity index (χ4n) is 1.04. The molecule has 1 aromatic carbocycles. The fraction of sp³-hybridized carbons (Fsp3) is 0.182. The quantitative estimate of drug-likeness (QED) is 0.486. The molecule has 17 heavy (non-hydrogen) atoms. The van der Waals surface area contributed by atoms with Crippen molar-refractivity contribution in [3.05, 3.63) is 35.1 Å². The number of hydrogen-bond donors (Lipinski definition) is 2. The zero-order valence-corrected chi connectivity index (χ0v) is 9.77. The number of esters is 1. The van der Waals surface area contributed by atoms with Gasteiger partial charge in [0.2, 0.25) is 5.76 Å². The number of ether oxygens (including phenoxy) is 2. The molecule has 6 heteroatoms. The number of rotatable bonds is 4. The number of benzene rings is 1. The molecule has 0 amide bonds. The summed E-state index contributed by atoms with van der Waals surface area (Å²) >= 11 is 5.81. The summed E-state index contributed by atoms with van der Waals surface area (Å²) in [5.74, 6) is -0.921. The second-order valence-corrected chi connectivity index (χ2v) is 3.37. The summed E-state index contributed by atoms with van der Waals surface area (Å²) in [5.41, 5.74) is 0. The van der Waals surface area contributed by atoms with Crippen LogP contribution in [-0.4, -0.2) is 29.9 Å². The molecule has 0 aliphatic carbocycles. The highest BCUT2D eigenvalue weighted by molar-refractivity contribution is 6.32. The van der Waals surface area contributed by atoms with Gasteiger partial charge in [0.1, 0.15) is 11.5 Å². The molecule has 0 aromatic heterocycles. The van der Waals surface area contributed by atoms with Crippen LogP contribution in [0.1, 0.15) is 0 Å². The summed E-state index contributed by atoms with van der Waals surface area (Å²) in [7, 11) is 1.18. The third-order valence-electron chi connectivity index (χ3n) is 1.80. The van der Waals surface area contributed by atoms with Gasteiger partial charge in [0, 0.05) is 6.07 Å². The SMILES string of the molecule is COC(=O)/C(=C/CO)Oc1cc(O)ccc1Cl. The van der Waals surface area contributed by atoms with Crippen LogP contribution in [0.15, 0.2) is 30.0 Å². The van der Waals surface area contributed by atoms with Crippen molar-refractivity contribution >= 4 is 17.6 Å². The maximum atomic E-state index is 11.3. The second-order valence-electron chi connectivity index (χ2n) is 2.96. The number of methoxy groups -OCH3 is 1. The Morgan fingerprint density at radius 3 is 2.82 bits per heavy atom. The molecule has 2 N–H and O–H groups in total. The number of halogens is 1. The van der Waals surface area contributed by atoms with Crippen molar-refractivity contribution in [1.82, 2.24) is 0 Å². The molecule has 0 saturated carbocycles. The van der Waals surface area contributed by atoms with Crippen molar-refractivity contribution in [3.8, 4) is 11.5 Å². The highest BCUT2D eigenvalue weighted by Gasteiger charge is 2.14. The lowest BCUT2D eigenvalue weighted by molar-refractivity contribution is -0.138. The van der Waals surface area contributed by atoms with Gasteiger partial charge in [-0.2, -0.15) is 0 Å². The lowest BCUT2D eigenvalue weighted by atomic mass is 10.3. The normalized spacial score (nSPS) is 11.1. The predicted molar refractivity (Wildman–Crippen MR) is 60.9 cm³/mol. The summed E-state index contributed by atoms with van der Waals surface area (Å²) < 4.78 is 9.61. The van der Waals surface area contributed by atoms with Crippen LogP contribution in [0.2, 0.25) is 5.02 Å². The number of hydrogen-bond acceptors (Lipinski definition) is 5. The van der Waals surface area contributed by atoms with E-state index in [4.69, 9.17) is 21.4 Å². The van der Waals surface area contributed by atoms with E-state index >= 15 is 0 Å². The summed E-state index contributed by atoms with van der Waals surface area (Å²) in [6.07, 6.45) is 1.13. The van der Waals surface area contributed by atoms with Gasteiger partial charge in [0.25, 0.3) is 0 Å². The average Bonchev–Trinajstić information content (AvgIpc) is 2.32. The van der Waals surface area contributed by atoms with E-state index in [0.29, 0.717) is 0 Å². The Morgan fingerprint density at radius 1 is 1.53 bits per heavy atom. The monoisotopic (exact) mass is 258 g/mol. The molecule has 0 aliphatic rings. The molecule has 0 radical (unpaired) electrons. The summed E-state index contributed by atoms with van der Waals surface area (Å²) in [5, 5.41) is 18.2. The topological polar surface area (TPSA) is 76.0 Å². The third-order valence-corrected chi connectivity index (χ3v) is 2.11. The number of carbonyl (C=O) groups is 1. The molecule has 5 nitrogen and oxygen atoms in total. The summed E-state index contributed by atoms with van der Waals surface area (Å²) in [6, 6.07) is 4.04. The zero-order chi connectivity index (χ0) is 12.8. The first-order valence-electron chi connectivity index (χ1n) is 4.64. The van der Waals surface area contributed by atoms with Crippen molar-refractivity contribution < 1.29 is 24.5 Å². The number of aliphatic hydroxyl groups excluding tert-OH is 1. The minimum atomic E-state index is -0.751. The molecule has 0 saturated heterocycles. The Labute approximate surface area is 103 Å². The average molecular weight is 259 g/mol. The van der Waals surface area contributed by atoms with Crippen LogP contribution < -0.4 is 4.74 Å². The molecule has 92 valence electrons. The molecule has 0 heterocycles. The first-order chi connectivity index (χ1) is 8.08. The van der Waals surface area contributed by atoms with Crippen molar-refractivity contribution in [2.45, 2.75) is 0 Å². The van der Waals surface area contributed by atoms with Crippen LogP contribution in [0.5, 0.6) is 11.5 Å². The maximum Gasteiger partial charge on any atom is 0.373 e. The van der Waals surface area contributed by atoms with E-state index in [2.05, 4.69) is 4.74 Å². The number of phenols is 1. The Bertz CT molecular complexity index is 441. The van der Waals surface area contributed by atoms with Gasteiger partial charge in [0.15, 0.2) is 0 Å². The predicted octanol–water partition coefficient (Wildman–Crippen LogP) is 1.47. The minimum absolute atomic E-state index is 0.0578. The van der Waals surface area contributed by atoms with Gasteiger partial charge in [-0.3, -0.25) is 0 Å². The van der Waals surface area contributed by atoms with E-state index in [1.165, 1.54) is 25.3 Å². The van der Waals surface area contributed by atoms with Gasteiger partial charge < -0.3 is 19.7 Å². The number of phenolic OH excluding ortho intramolecular Hbond substituents is 1. The van der Waals surface area contributed by atoms with E-state index in [1.807, 2.05) is 0 Å². The van der Waals surface area contributed by atoms with Crippen LogP contribution in [0, 0.1) is 0 Å². The van der Waals surface area contributed by atoms with Gasteiger partial charge in [0.05, 0.1) is 18.7 Å². The van der Waals surface area contributed by atoms with Crippen LogP contribution >= 0.6 is 11.6 Å². The zero-order valence-electron chi connectivity index (χ0n) is 9.01. The highest BCUT2D eigenvalue weighted by atomic mass is 35.5. The lowest BCUT2D eigenvalue weighted by Gasteiger charge is -2.09. The molecule has 1 rings (SSSR count). The van der Waals surface area contributed by atoms with E-state index < -0.39 is 5.97 Å². The van der Waals surface area contributed by atoms with Crippen LogP contribution in [0.3, 0.4) is 0 Å². The molecule has 0 atom stereocenters. The van der Waals surface area contributed by atoms with Crippen molar-refractivity contribution in [3.63, 3.8) is 0 Å². The Morgan fingerprint density at radius 2 is 2.24 bits per heavy atom. The molecule has 0 aliphatic heterocycles. The molecule has 0 bridgehead atoms. The van der Waals surface area contributed by atoms with Crippen LogP contribution in [0.25, 0.3) is 0 Å². The number of aliphatic hydroxyl groups is 1. The van der Waals surface area contributed by atoms with E-state index in [1.54, 1.807) is 0 Å². The molecular weight excluding hydrogens is 248 g/mol. The van der Waals surface area contributed by atoms with Gasteiger partial charge >= 0.3 is 5.97 Å². The fourth-order valence-corrected chi connectivity index (χ4v) is 1.20. The minimum Gasteiger partial charge on any atom is -0.508 e. The van der Waals surface area contributed by atoms with Gasteiger partial charge in [-0.15, -0.1) is 0 Å². The number of carbonyl (C=O) groups excluding carboxylic acids is 1. The largest absolute Gasteiger partial charge is 0.508 e. The van der Waals surface area contributed by atoms with E-state index in [-0.39, 0.29) is 28.9 Å². The van der Waals surface area contributed by atoms with Crippen molar-refractivity contribution in [2.24, 2.45) is 0 Å². The molecule has 0 unspecified atom stereocenters. The Balaban J connectivity index is 2.97. The summed E-state index contributed by atoms with van der Waals surface area (Å²) in [4.78, 5) is 11.3. The molecular formula is C11H11ClO5. The second kappa shape index (κ2) is 6.12. The van der Waals surface area contributed by atoms with Crippen LogP contribution in [-0.2, 0) is 9.53 Å². The van der Waals surface area contributed by atoms with Gasteiger partial charge in [-0.25, -0.2) is 4.79 Å². The van der Waals surface area contributed by atoms with Crippen molar-refractivity contribution in [2.75, 3.05) is 13.7 Å². The van der Waals surface area contributed by atoms with E-state index in [9.17, 15) is 9.90 Å². The molecule has 0 spiro atoms. The Hall–Kier alpha value is -1.72. The van der Waals surface area contributed by atoms with Crippen molar-refractivity contribution in [1.29, 1.82) is 0 Å². The van der Waals surface area contributed by atoms with Gasteiger partial charge in [-0.05, 0) is 18.2 Å². The third kappa shape index (κ3) is 3.65. The summed E-state index contributed by atoms with van der Waals surface area (Å²) in [6.45, 7) is -0.388. The maximum absolute atomic E-state index is 11.3. The van der Waals surface area contributed by atoms with E-state index in [0.717, 1.165) is 6.08 Å². The molecule has 1 aromatic rings. The smallest absolute Gasteiger partial charge is 0.373 e.